The van der Waals surface area contributed by atoms with E-state index < -0.39 is 44.3 Å². The molecule has 0 aromatic carbocycles. The van der Waals surface area contributed by atoms with E-state index in [2.05, 4.69) is 4.74 Å². The SMILES string of the molecule is CCOC(CNS(=O)(=O)C(F)(F)C(F)(F)OC(F)(F)C(F)(F)I)OCC. The molecule has 0 saturated carbocycles. The van der Waals surface area contributed by atoms with Gasteiger partial charge in [-0.1, -0.05) is 0 Å². The van der Waals surface area contributed by atoms with Gasteiger partial charge in [-0.25, -0.2) is 17.9 Å². The molecule has 0 atom stereocenters. The van der Waals surface area contributed by atoms with E-state index in [1.165, 1.54) is 13.8 Å². The Morgan fingerprint density at radius 2 is 1.35 bits per heavy atom. The number of hydrogen-bond acceptors (Lipinski definition) is 5. The number of hydrogen-bond donors (Lipinski definition) is 1. The molecule has 16 heteroatoms. The average molecular weight is 539 g/mol. The third-order valence-electron chi connectivity index (χ3n) is 2.41. The fourth-order valence-electron chi connectivity index (χ4n) is 1.24. The quantitative estimate of drug-likeness (QED) is 0.179. The maximum Gasteiger partial charge on any atom is 0.448 e. The van der Waals surface area contributed by atoms with E-state index in [0.29, 0.717) is 0 Å². The van der Waals surface area contributed by atoms with Crippen molar-refractivity contribution in [2.75, 3.05) is 19.8 Å². The van der Waals surface area contributed by atoms with Gasteiger partial charge >= 0.3 is 21.4 Å². The second-order valence-electron chi connectivity index (χ2n) is 4.34. The summed E-state index contributed by atoms with van der Waals surface area (Å²) in [4.78, 5) is 0. The van der Waals surface area contributed by atoms with Crippen LogP contribution in [0, 0.1) is 0 Å². The van der Waals surface area contributed by atoms with E-state index >= 15 is 0 Å². The molecule has 0 aromatic heterocycles. The van der Waals surface area contributed by atoms with E-state index in [1.54, 1.807) is 0 Å². The maximum absolute atomic E-state index is 13.5. The molecular formula is C10H14F8INO5S. The molecule has 0 bridgehead atoms. The highest BCUT2D eigenvalue weighted by Gasteiger charge is 2.73. The van der Waals surface area contributed by atoms with Crippen LogP contribution in [0.1, 0.15) is 13.8 Å². The summed E-state index contributed by atoms with van der Waals surface area (Å²) in [5.41, 5.74) is 0. The first-order valence-corrected chi connectivity index (χ1v) is 9.14. The van der Waals surface area contributed by atoms with Crippen LogP contribution in [0.2, 0.25) is 0 Å². The van der Waals surface area contributed by atoms with Gasteiger partial charge in [-0.15, -0.1) is 0 Å². The fraction of sp³-hybridized carbons (Fsp3) is 1.00. The lowest BCUT2D eigenvalue weighted by molar-refractivity contribution is -0.438. The Morgan fingerprint density at radius 1 is 0.923 bits per heavy atom. The lowest BCUT2D eigenvalue weighted by Gasteiger charge is -2.30. The second kappa shape index (κ2) is 8.97. The Kier molecular flexibility index (Phi) is 8.96. The van der Waals surface area contributed by atoms with Crippen molar-refractivity contribution in [2.24, 2.45) is 0 Å². The molecule has 0 radical (unpaired) electrons. The molecule has 0 aliphatic rings. The van der Waals surface area contributed by atoms with Crippen molar-refractivity contribution in [3.63, 3.8) is 0 Å². The van der Waals surface area contributed by atoms with Crippen LogP contribution >= 0.6 is 22.6 Å². The van der Waals surface area contributed by atoms with Gasteiger partial charge in [-0.05, 0) is 13.8 Å². The molecule has 0 unspecified atom stereocenters. The standard InChI is InChI=1S/C10H14F8INO5S/c1-3-23-6(24-4-2)5-20-26(21,22)10(17,18)9(15,16)25-8(13,14)7(11,12)19/h6,20H,3-5H2,1-2H3. The first kappa shape index (κ1) is 26.0. The van der Waals surface area contributed by atoms with Crippen LogP contribution in [0.25, 0.3) is 0 Å². The molecule has 0 heterocycles. The van der Waals surface area contributed by atoms with Gasteiger partial charge in [0.1, 0.15) is 0 Å². The van der Waals surface area contributed by atoms with Crippen molar-refractivity contribution in [1.82, 2.24) is 4.72 Å². The molecule has 0 aliphatic heterocycles. The van der Waals surface area contributed by atoms with Crippen LogP contribution in [-0.4, -0.2) is 55.9 Å². The lowest BCUT2D eigenvalue weighted by atomic mass is 10.6. The molecule has 1 N–H and O–H groups in total. The Labute approximate surface area is 156 Å². The summed E-state index contributed by atoms with van der Waals surface area (Å²) < 4.78 is 134. The predicted molar refractivity (Wildman–Crippen MR) is 78.9 cm³/mol. The number of halogens is 9. The summed E-state index contributed by atoms with van der Waals surface area (Å²) in [5, 5.41) is -6.33. The van der Waals surface area contributed by atoms with Gasteiger partial charge in [0.05, 0.1) is 6.54 Å². The summed E-state index contributed by atoms with van der Waals surface area (Å²) in [5.74, 6) is 0. The van der Waals surface area contributed by atoms with E-state index in [0.717, 1.165) is 4.72 Å². The minimum Gasteiger partial charge on any atom is -0.352 e. The van der Waals surface area contributed by atoms with Crippen LogP contribution in [0.15, 0.2) is 0 Å². The molecule has 0 saturated heterocycles. The van der Waals surface area contributed by atoms with Gasteiger partial charge < -0.3 is 9.47 Å². The molecule has 158 valence electrons. The van der Waals surface area contributed by atoms with Crippen LogP contribution in [-0.2, 0) is 24.2 Å². The monoisotopic (exact) mass is 539 g/mol. The van der Waals surface area contributed by atoms with Crippen molar-refractivity contribution in [3.05, 3.63) is 0 Å². The predicted octanol–water partition coefficient (Wildman–Crippen LogP) is 3.13. The summed E-state index contributed by atoms with van der Waals surface area (Å²) in [6, 6.07) is 0. The number of alkyl halides is 9. The Bertz CT molecular complexity index is 550. The summed E-state index contributed by atoms with van der Waals surface area (Å²) in [6.07, 6.45) is -14.0. The fourth-order valence-corrected chi connectivity index (χ4v) is 2.24. The average Bonchev–Trinajstić information content (AvgIpc) is 2.42. The largest absolute Gasteiger partial charge is 0.448 e. The molecule has 0 aliphatic carbocycles. The van der Waals surface area contributed by atoms with Crippen LogP contribution in [0.5, 0.6) is 0 Å². The first-order chi connectivity index (χ1) is 11.4. The minimum atomic E-state index is -6.50. The smallest absolute Gasteiger partial charge is 0.352 e. The van der Waals surface area contributed by atoms with Crippen molar-refractivity contribution in [1.29, 1.82) is 0 Å². The third-order valence-corrected chi connectivity index (χ3v) is 4.50. The molecule has 0 spiro atoms. The molecule has 6 nitrogen and oxygen atoms in total. The maximum atomic E-state index is 13.5. The van der Waals surface area contributed by atoms with Crippen molar-refractivity contribution < 1.29 is 57.8 Å². The molecule has 0 aromatic rings. The first-order valence-electron chi connectivity index (χ1n) is 6.58. The van der Waals surface area contributed by atoms with Gasteiger partial charge in [0.2, 0.25) is 0 Å². The summed E-state index contributed by atoms with van der Waals surface area (Å²) in [6.45, 7) is 1.61. The van der Waals surface area contributed by atoms with Crippen LogP contribution in [0.4, 0.5) is 35.1 Å². The van der Waals surface area contributed by atoms with Gasteiger partial charge in [0.15, 0.2) is 6.29 Å². The Morgan fingerprint density at radius 3 is 1.69 bits per heavy atom. The zero-order valence-corrected chi connectivity index (χ0v) is 16.0. The molecule has 0 amide bonds. The lowest BCUT2D eigenvalue weighted by Crippen LogP contribution is -2.58. The van der Waals surface area contributed by atoms with Crippen molar-refractivity contribution >= 4 is 32.6 Å². The van der Waals surface area contributed by atoms with Gasteiger partial charge in [0, 0.05) is 35.8 Å². The number of rotatable bonds is 12. The van der Waals surface area contributed by atoms with Crippen molar-refractivity contribution in [3.8, 4) is 0 Å². The Hall–Kier alpha value is -0.0400. The summed E-state index contributed by atoms with van der Waals surface area (Å²) >= 11 is -0.333. The van der Waals surface area contributed by atoms with Crippen LogP contribution < -0.4 is 4.72 Å². The highest BCUT2D eigenvalue weighted by Crippen LogP contribution is 2.48. The molecule has 26 heavy (non-hydrogen) atoms. The minimum absolute atomic E-state index is 0.0704. The zero-order chi connectivity index (χ0) is 21.0. The molecule has 0 rings (SSSR count). The topological polar surface area (TPSA) is 73.9 Å². The highest BCUT2D eigenvalue weighted by atomic mass is 127. The normalized spacial score (nSPS) is 14.9. The van der Waals surface area contributed by atoms with Gasteiger partial charge in [-0.3, -0.25) is 0 Å². The third kappa shape index (κ3) is 6.25. The summed E-state index contributed by atoms with van der Waals surface area (Å²) in [7, 11) is -6.37. The number of sulfonamides is 1. The number of ether oxygens (including phenoxy) is 3. The van der Waals surface area contributed by atoms with E-state index in [9.17, 15) is 43.5 Å². The van der Waals surface area contributed by atoms with Crippen molar-refractivity contribution in [2.45, 2.75) is 41.5 Å². The van der Waals surface area contributed by atoms with Crippen LogP contribution in [0.3, 0.4) is 0 Å². The molecule has 0 fully saturated rings. The molecular weight excluding hydrogens is 525 g/mol. The van der Waals surface area contributed by atoms with Gasteiger partial charge in [-0.2, -0.15) is 35.1 Å². The second-order valence-corrected chi connectivity index (χ2v) is 7.51. The highest BCUT2D eigenvalue weighted by molar-refractivity contribution is 14.1. The Balaban J connectivity index is 5.42. The van der Waals surface area contributed by atoms with E-state index in [-0.39, 0.29) is 35.8 Å². The van der Waals surface area contributed by atoms with E-state index in [4.69, 9.17) is 9.47 Å². The van der Waals surface area contributed by atoms with Gasteiger partial charge in [0.25, 0.3) is 10.0 Å². The number of nitrogens with one attached hydrogen (secondary N) is 1. The van der Waals surface area contributed by atoms with E-state index in [1.807, 2.05) is 0 Å². The zero-order valence-electron chi connectivity index (χ0n) is 13.0.